The Morgan fingerprint density at radius 2 is 1.68 bits per heavy atom. The van der Waals surface area contributed by atoms with E-state index in [9.17, 15) is 4.79 Å². The molecule has 28 heavy (non-hydrogen) atoms. The van der Waals surface area contributed by atoms with Gasteiger partial charge in [0.25, 0.3) is 0 Å². The molecule has 150 valence electrons. The van der Waals surface area contributed by atoms with Crippen LogP contribution in [0.1, 0.15) is 11.1 Å². The van der Waals surface area contributed by atoms with Gasteiger partial charge in [-0.2, -0.15) is 0 Å². The van der Waals surface area contributed by atoms with E-state index in [1.54, 1.807) is 31.4 Å². The lowest BCUT2D eigenvalue weighted by atomic mass is 10.1. The zero-order valence-electron chi connectivity index (χ0n) is 15.3. The Kier molecular flexibility index (Phi) is 8.19. The monoisotopic (exact) mass is 459 g/mol. The van der Waals surface area contributed by atoms with Gasteiger partial charge in [0.05, 0.1) is 13.5 Å². The first-order valence-corrected chi connectivity index (χ1v) is 9.85. The molecule has 3 N–H and O–H groups in total. The number of methoxy groups -OCH3 is 1. The van der Waals surface area contributed by atoms with Crippen LogP contribution >= 0.6 is 47.0 Å². The maximum atomic E-state index is 12.4. The van der Waals surface area contributed by atoms with Crippen LogP contribution in [0.15, 0.2) is 48.5 Å². The standard InChI is InChI=1S/C19H20Cl3N3O2S/c1-12-3-5-13(6-4-12)11-16(26)24-17(19(20,21)22)25-18(28)23-14-7-9-15(27-2)10-8-14/h3-10,17H,11H2,1-2H3,(H,24,26)(H2,23,25,28). The number of carbonyl (C=O) groups excluding carboxylic acids is 1. The van der Waals surface area contributed by atoms with Crippen molar-refractivity contribution in [2.45, 2.75) is 23.3 Å². The van der Waals surface area contributed by atoms with E-state index in [4.69, 9.17) is 51.8 Å². The lowest BCUT2D eigenvalue weighted by Crippen LogP contribution is -2.56. The third-order valence-electron chi connectivity index (χ3n) is 3.74. The van der Waals surface area contributed by atoms with Crippen molar-refractivity contribution in [3.8, 4) is 5.75 Å². The summed E-state index contributed by atoms with van der Waals surface area (Å²) in [6.45, 7) is 1.98. The van der Waals surface area contributed by atoms with Gasteiger partial charge in [0, 0.05) is 5.69 Å². The van der Waals surface area contributed by atoms with Crippen LogP contribution in [0.3, 0.4) is 0 Å². The van der Waals surface area contributed by atoms with Gasteiger partial charge in [-0.3, -0.25) is 4.79 Å². The highest BCUT2D eigenvalue weighted by Crippen LogP contribution is 2.29. The van der Waals surface area contributed by atoms with Gasteiger partial charge >= 0.3 is 0 Å². The summed E-state index contributed by atoms with van der Waals surface area (Å²) in [5, 5.41) is 8.64. The lowest BCUT2D eigenvalue weighted by molar-refractivity contribution is -0.121. The number of benzene rings is 2. The summed E-state index contributed by atoms with van der Waals surface area (Å²) in [5.74, 6) is 0.409. The summed E-state index contributed by atoms with van der Waals surface area (Å²) >= 11 is 23.3. The third kappa shape index (κ3) is 7.36. The van der Waals surface area contributed by atoms with Crippen molar-refractivity contribution in [1.82, 2.24) is 10.6 Å². The summed E-state index contributed by atoms with van der Waals surface area (Å²) in [6.07, 6.45) is -0.869. The molecule has 2 aromatic carbocycles. The number of hydrogen-bond acceptors (Lipinski definition) is 3. The molecule has 0 aromatic heterocycles. The van der Waals surface area contributed by atoms with Gasteiger partial charge in [-0.15, -0.1) is 0 Å². The molecule has 2 aromatic rings. The van der Waals surface area contributed by atoms with Gasteiger partial charge in [0.15, 0.2) is 5.11 Å². The molecule has 0 saturated heterocycles. The first kappa shape index (κ1) is 22.6. The fourth-order valence-electron chi connectivity index (χ4n) is 2.28. The normalized spacial score (nSPS) is 12.0. The predicted molar refractivity (Wildman–Crippen MR) is 119 cm³/mol. The zero-order chi connectivity index (χ0) is 20.7. The molecule has 2 rings (SSSR count). The molecule has 1 amide bonds. The highest BCUT2D eigenvalue weighted by molar-refractivity contribution is 7.80. The molecule has 1 unspecified atom stereocenters. The highest BCUT2D eigenvalue weighted by atomic mass is 35.6. The van der Waals surface area contributed by atoms with Gasteiger partial charge in [-0.05, 0) is 49.0 Å². The predicted octanol–water partition coefficient (Wildman–Crippen LogP) is 4.35. The molecule has 0 saturated carbocycles. The molecule has 9 heteroatoms. The van der Waals surface area contributed by atoms with Crippen molar-refractivity contribution in [3.63, 3.8) is 0 Å². The average molecular weight is 461 g/mol. The molecule has 0 aliphatic carbocycles. The average Bonchev–Trinajstić information content (AvgIpc) is 2.63. The molecule has 0 radical (unpaired) electrons. The van der Waals surface area contributed by atoms with E-state index < -0.39 is 9.96 Å². The van der Waals surface area contributed by atoms with Crippen molar-refractivity contribution < 1.29 is 9.53 Å². The number of carbonyl (C=O) groups is 1. The summed E-state index contributed by atoms with van der Waals surface area (Å²) in [4.78, 5) is 12.4. The van der Waals surface area contributed by atoms with Gasteiger partial charge in [-0.1, -0.05) is 64.6 Å². The number of alkyl halides is 3. The molecule has 0 aliphatic heterocycles. The third-order valence-corrected chi connectivity index (χ3v) is 4.62. The van der Waals surface area contributed by atoms with Crippen LogP contribution in [0.4, 0.5) is 5.69 Å². The Labute approximate surface area is 184 Å². The number of ether oxygens (including phenoxy) is 1. The summed E-state index contributed by atoms with van der Waals surface area (Å²) in [5.41, 5.74) is 2.68. The second kappa shape index (κ2) is 10.2. The number of rotatable bonds is 6. The van der Waals surface area contributed by atoms with Gasteiger partial charge in [0.1, 0.15) is 11.9 Å². The van der Waals surface area contributed by atoms with Crippen LogP contribution in [-0.2, 0) is 11.2 Å². The van der Waals surface area contributed by atoms with Gasteiger partial charge in [0.2, 0.25) is 9.70 Å². The van der Waals surface area contributed by atoms with Crippen molar-refractivity contribution in [1.29, 1.82) is 0 Å². The lowest BCUT2D eigenvalue weighted by Gasteiger charge is -2.27. The van der Waals surface area contributed by atoms with E-state index in [2.05, 4.69) is 16.0 Å². The van der Waals surface area contributed by atoms with Gasteiger partial charge in [-0.25, -0.2) is 0 Å². The Hall–Kier alpha value is -1.73. The minimum absolute atomic E-state index is 0.151. The first-order valence-electron chi connectivity index (χ1n) is 8.30. The SMILES string of the molecule is COc1ccc(NC(=S)NC(NC(=O)Cc2ccc(C)cc2)C(Cl)(Cl)Cl)cc1. The van der Waals surface area contributed by atoms with Gasteiger partial charge < -0.3 is 20.7 Å². The summed E-state index contributed by atoms with van der Waals surface area (Å²) in [7, 11) is 1.58. The van der Waals surface area contributed by atoms with E-state index >= 15 is 0 Å². The fraction of sp³-hybridized carbons (Fsp3) is 0.263. The number of hydrogen-bond donors (Lipinski definition) is 3. The van der Waals surface area contributed by atoms with E-state index in [1.807, 2.05) is 31.2 Å². The Morgan fingerprint density at radius 3 is 2.21 bits per heavy atom. The number of thiocarbonyl (C=S) groups is 1. The maximum absolute atomic E-state index is 12.4. The fourth-order valence-corrected chi connectivity index (χ4v) is 2.84. The summed E-state index contributed by atoms with van der Waals surface area (Å²) < 4.78 is 3.30. The Morgan fingerprint density at radius 1 is 1.07 bits per heavy atom. The van der Waals surface area contributed by atoms with Crippen LogP contribution < -0.4 is 20.7 Å². The second-order valence-electron chi connectivity index (χ2n) is 6.03. The highest BCUT2D eigenvalue weighted by Gasteiger charge is 2.34. The minimum Gasteiger partial charge on any atom is -0.497 e. The van der Waals surface area contributed by atoms with Crippen molar-refractivity contribution in [2.75, 3.05) is 12.4 Å². The van der Waals surface area contributed by atoms with E-state index in [-0.39, 0.29) is 17.4 Å². The largest absolute Gasteiger partial charge is 0.497 e. The number of halogens is 3. The number of amides is 1. The molecule has 0 aliphatic rings. The molecule has 1 atom stereocenters. The Balaban J connectivity index is 1.97. The van der Waals surface area contributed by atoms with E-state index in [0.29, 0.717) is 11.4 Å². The molecule has 0 fully saturated rings. The van der Waals surface area contributed by atoms with Crippen LogP contribution in [0.25, 0.3) is 0 Å². The molecule has 0 bridgehead atoms. The number of aryl methyl sites for hydroxylation is 1. The minimum atomic E-state index is -1.81. The first-order chi connectivity index (χ1) is 13.2. The molecular formula is C19H20Cl3N3O2S. The van der Waals surface area contributed by atoms with Crippen molar-refractivity contribution >= 4 is 63.7 Å². The quantitative estimate of drug-likeness (QED) is 0.340. The number of nitrogens with one attached hydrogen (secondary N) is 3. The van der Waals surface area contributed by atoms with Crippen LogP contribution in [0.5, 0.6) is 5.75 Å². The van der Waals surface area contributed by atoms with Crippen LogP contribution in [-0.4, -0.2) is 28.1 Å². The van der Waals surface area contributed by atoms with Crippen LogP contribution in [0, 0.1) is 6.92 Å². The molecular weight excluding hydrogens is 441 g/mol. The van der Waals surface area contributed by atoms with E-state index in [0.717, 1.165) is 11.1 Å². The number of anilines is 1. The molecule has 0 heterocycles. The van der Waals surface area contributed by atoms with Crippen molar-refractivity contribution in [2.24, 2.45) is 0 Å². The van der Waals surface area contributed by atoms with Crippen molar-refractivity contribution in [3.05, 3.63) is 59.7 Å². The molecule has 5 nitrogen and oxygen atoms in total. The maximum Gasteiger partial charge on any atom is 0.228 e. The van der Waals surface area contributed by atoms with E-state index in [1.165, 1.54) is 0 Å². The topological polar surface area (TPSA) is 62.4 Å². The summed E-state index contributed by atoms with van der Waals surface area (Å²) in [6, 6.07) is 14.7. The second-order valence-corrected chi connectivity index (χ2v) is 8.81. The Bertz CT molecular complexity index is 809. The smallest absolute Gasteiger partial charge is 0.228 e. The zero-order valence-corrected chi connectivity index (χ0v) is 18.3. The van der Waals surface area contributed by atoms with Crippen LogP contribution in [0.2, 0.25) is 0 Å². The molecule has 0 spiro atoms.